The summed E-state index contributed by atoms with van der Waals surface area (Å²) in [6, 6.07) is 10.1. The molecule has 0 saturated carbocycles. The molecule has 0 aliphatic heterocycles. The molecule has 0 aromatic heterocycles. The van der Waals surface area contributed by atoms with Crippen LogP contribution in [0.4, 0.5) is 0 Å². The Bertz CT molecular complexity index is 752. The molecule has 0 aliphatic rings. The molecule has 0 radical (unpaired) electrons. The van der Waals surface area contributed by atoms with Gasteiger partial charge in [0.15, 0.2) is 23.0 Å². The molecule has 0 heterocycles. The van der Waals surface area contributed by atoms with Crippen molar-refractivity contribution < 1.29 is 18.9 Å². The predicted octanol–water partition coefficient (Wildman–Crippen LogP) is 4.99. The molecule has 2 aromatic carbocycles. The Morgan fingerprint density at radius 3 is 2.32 bits per heavy atom. The molecule has 2 aromatic rings. The fourth-order valence-electron chi connectivity index (χ4n) is 2.83. The minimum absolute atomic E-state index is 0.602. The van der Waals surface area contributed by atoms with Crippen LogP contribution in [-0.2, 0) is 13.0 Å². The molecule has 0 saturated heterocycles. The van der Waals surface area contributed by atoms with Gasteiger partial charge in [-0.25, -0.2) is 0 Å². The van der Waals surface area contributed by atoms with Crippen LogP contribution < -0.4 is 24.3 Å². The number of ether oxygens (including phenoxy) is 4. The summed E-state index contributed by atoms with van der Waals surface area (Å²) in [4.78, 5) is 0. The highest BCUT2D eigenvalue weighted by atomic mass is 79.9. The third-order valence-corrected chi connectivity index (χ3v) is 4.78. The third-order valence-electron chi connectivity index (χ3n) is 4.19. The Kier molecular flexibility index (Phi) is 9.44. The van der Waals surface area contributed by atoms with Crippen LogP contribution in [0.3, 0.4) is 0 Å². The van der Waals surface area contributed by atoms with Gasteiger partial charge in [0.2, 0.25) is 0 Å². The second kappa shape index (κ2) is 11.8. The first kappa shape index (κ1) is 22.4. The molecule has 0 bridgehead atoms. The highest BCUT2D eigenvalue weighted by molar-refractivity contribution is 9.10. The van der Waals surface area contributed by atoms with E-state index in [4.69, 9.17) is 18.9 Å². The first-order chi connectivity index (χ1) is 13.6. The molecule has 1 N–H and O–H groups in total. The van der Waals surface area contributed by atoms with Crippen LogP contribution in [-0.4, -0.2) is 34.0 Å². The molecular formula is C22H30BrNO4. The molecule has 0 unspecified atom stereocenters. The first-order valence-electron chi connectivity index (χ1n) is 9.62. The van der Waals surface area contributed by atoms with E-state index in [9.17, 15) is 0 Å². The molecular weight excluding hydrogens is 422 g/mol. The second-order valence-electron chi connectivity index (χ2n) is 6.30. The standard InChI is InChI=1S/C22H30BrNO4/c1-5-11-28-22-18(23)12-17(14-21(22)27-6-2)15-24-10-9-16-7-8-19(25-3)20(13-16)26-4/h7-8,12-14,24H,5-6,9-11,15H2,1-4H3. The Labute approximate surface area is 176 Å². The van der Waals surface area contributed by atoms with E-state index in [2.05, 4.69) is 40.3 Å². The van der Waals surface area contributed by atoms with Crippen LogP contribution >= 0.6 is 15.9 Å². The maximum atomic E-state index is 5.83. The maximum absolute atomic E-state index is 5.83. The van der Waals surface area contributed by atoms with Gasteiger partial charge in [0.05, 0.1) is 31.9 Å². The van der Waals surface area contributed by atoms with Crippen molar-refractivity contribution in [2.75, 3.05) is 34.0 Å². The summed E-state index contributed by atoms with van der Waals surface area (Å²) < 4.78 is 23.2. The van der Waals surface area contributed by atoms with Crippen molar-refractivity contribution in [1.29, 1.82) is 0 Å². The van der Waals surface area contributed by atoms with Crippen molar-refractivity contribution in [3.05, 3.63) is 45.9 Å². The van der Waals surface area contributed by atoms with Crippen molar-refractivity contribution in [2.24, 2.45) is 0 Å². The zero-order chi connectivity index (χ0) is 20.4. The van der Waals surface area contributed by atoms with Crippen molar-refractivity contribution in [2.45, 2.75) is 33.2 Å². The lowest BCUT2D eigenvalue weighted by atomic mass is 10.1. The summed E-state index contributed by atoms with van der Waals surface area (Å²) in [5.74, 6) is 3.06. The first-order valence-corrected chi connectivity index (χ1v) is 10.4. The van der Waals surface area contributed by atoms with Gasteiger partial charge in [-0.2, -0.15) is 0 Å². The molecule has 0 atom stereocenters. The van der Waals surface area contributed by atoms with Crippen LogP contribution in [0.15, 0.2) is 34.8 Å². The second-order valence-corrected chi connectivity index (χ2v) is 7.16. The molecule has 5 nitrogen and oxygen atoms in total. The molecule has 6 heteroatoms. The van der Waals surface area contributed by atoms with Gasteiger partial charge < -0.3 is 24.3 Å². The van der Waals surface area contributed by atoms with E-state index in [1.54, 1.807) is 14.2 Å². The fourth-order valence-corrected chi connectivity index (χ4v) is 3.44. The minimum Gasteiger partial charge on any atom is -0.493 e. The summed E-state index contributed by atoms with van der Waals surface area (Å²) in [5, 5.41) is 3.49. The average Bonchev–Trinajstić information content (AvgIpc) is 2.70. The van der Waals surface area contributed by atoms with Crippen molar-refractivity contribution in [3.8, 4) is 23.0 Å². The number of rotatable bonds is 12. The van der Waals surface area contributed by atoms with Crippen molar-refractivity contribution in [3.63, 3.8) is 0 Å². The average molecular weight is 452 g/mol. The van der Waals surface area contributed by atoms with Gasteiger partial charge in [-0.1, -0.05) is 13.0 Å². The van der Waals surface area contributed by atoms with E-state index < -0.39 is 0 Å². The Morgan fingerprint density at radius 2 is 1.64 bits per heavy atom. The number of hydrogen-bond donors (Lipinski definition) is 1. The Hall–Kier alpha value is -1.92. The highest BCUT2D eigenvalue weighted by Crippen LogP contribution is 2.37. The van der Waals surface area contributed by atoms with Crippen LogP contribution in [0.1, 0.15) is 31.4 Å². The number of hydrogen-bond acceptors (Lipinski definition) is 5. The van der Waals surface area contributed by atoms with Gasteiger partial charge in [0.1, 0.15) is 0 Å². The lowest BCUT2D eigenvalue weighted by Gasteiger charge is -2.15. The van der Waals surface area contributed by atoms with Crippen LogP contribution in [0.2, 0.25) is 0 Å². The maximum Gasteiger partial charge on any atom is 0.175 e. The van der Waals surface area contributed by atoms with Crippen molar-refractivity contribution in [1.82, 2.24) is 5.32 Å². The van der Waals surface area contributed by atoms with Gasteiger partial charge in [-0.3, -0.25) is 0 Å². The topological polar surface area (TPSA) is 49.0 Å². The molecule has 0 aliphatic carbocycles. The number of methoxy groups -OCH3 is 2. The van der Waals surface area contributed by atoms with Crippen LogP contribution in [0.25, 0.3) is 0 Å². The normalized spacial score (nSPS) is 10.6. The van der Waals surface area contributed by atoms with E-state index in [0.717, 1.165) is 59.0 Å². The third kappa shape index (κ3) is 6.31. The van der Waals surface area contributed by atoms with E-state index in [-0.39, 0.29) is 0 Å². The van der Waals surface area contributed by atoms with E-state index in [1.165, 1.54) is 5.56 Å². The smallest absolute Gasteiger partial charge is 0.175 e. The summed E-state index contributed by atoms with van der Waals surface area (Å²) in [6.07, 6.45) is 1.86. The lowest BCUT2D eigenvalue weighted by Crippen LogP contribution is -2.17. The number of halogens is 1. The lowest BCUT2D eigenvalue weighted by molar-refractivity contribution is 0.275. The zero-order valence-electron chi connectivity index (χ0n) is 17.1. The number of nitrogens with one attached hydrogen (secondary N) is 1. The molecule has 28 heavy (non-hydrogen) atoms. The molecule has 154 valence electrons. The van der Waals surface area contributed by atoms with Crippen molar-refractivity contribution >= 4 is 15.9 Å². The van der Waals surface area contributed by atoms with Crippen LogP contribution in [0.5, 0.6) is 23.0 Å². The summed E-state index contributed by atoms with van der Waals surface area (Å²) in [6.45, 7) is 6.94. The van der Waals surface area contributed by atoms with E-state index in [1.807, 2.05) is 25.1 Å². The van der Waals surface area contributed by atoms with Gasteiger partial charge in [-0.05, 0) is 77.6 Å². The largest absolute Gasteiger partial charge is 0.493 e. The SMILES string of the molecule is CCCOc1c(Br)cc(CNCCc2ccc(OC)c(OC)c2)cc1OCC. The molecule has 2 rings (SSSR count). The van der Waals surface area contributed by atoms with Gasteiger partial charge in [-0.15, -0.1) is 0 Å². The molecule has 0 amide bonds. The highest BCUT2D eigenvalue weighted by Gasteiger charge is 2.12. The van der Waals surface area contributed by atoms with E-state index in [0.29, 0.717) is 13.2 Å². The quantitative estimate of drug-likeness (QED) is 0.460. The number of benzene rings is 2. The molecule has 0 spiro atoms. The summed E-state index contributed by atoms with van der Waals surface area (Å²) in [5.41, 5.74) is 2.34. The molecule has 0 fully saturated rings. The predicted molar refractivity (Wildman–Crippen MR) is 116 cm³/mol. The van der Waals surface area contributed by atoms with Gasteiger partial charge >= 0.3 is 0 Å². The zero-order valence-corrected chi connectivity index (χ0v) is 18.7. The summed E-state index contributed by atoms with van der Waals surface area (Å²) >= 11 is 3.61. The van der Waals surface area contributed by atoms with Gasteiger partial charge in [0.25, 0.3) is 0 Å². The monoisotopic (exact) mass is 451 g/mol. The Balaban J connectivity index is 1.95. The fraction of sp³-hybridized carbons (Fsp3) is 0.455. The Morgan fingerprint density at radius 1 is 0.893 bits per heavy atom. The van der Waals surface area contributed by atoms with E-state index >= 15 is 0 Å². The van der Waals surface area contributed by atoms with Gasteiger partial charge in [0, 0.05) is 6.54 Å². The summed E-state index contributed by atoms with van der Waals surface area (Å²) in [7, 11) is 3.30. The minimum atomic E-state index is 0.602. The van der Waals surface area contributed by atoms with Crippen LogP contribution in [0, 0.1) is 0 Å².